The number of aliphatic hydroxyl groups excluding tert-OH is 1. The molecule has 3 aromatic carbocycles. The molecular weight excluding hydrogens is 444 g/mol. The molecule has 190 valence electrons. The Bertz CT molecular complexity index is 1080. The fourth-order valence-corrected chi connectivity index (χ4v) is 4.49. The van der Waals surface area contributed by atoms with Crippen LogP contribution in [0.1, 0.15) is 44.2 Å². The molecule has 2 N–H and O–H groups in total. The van der Waals surface area contributed by atoms with Crippen LogP contribution in [0.3, 0.4) is 0 Å². The SMILES string of the molecule is C.O[C@H](CNC(CCCc1ccccc1)CCCc1ccccc1)COc1cccc2ncccc12. The van der Waals surface area contributed by atoms with Gasteiger partial charge in [-0.25, -0.2) is 0 Å². The molecule has 0 spiro atoms. The van der Waals surface area contributed by atoms with Gasteiger partial charge in [-0.15, -0.1) is 0 Å². The fraction of sp³-hybridized carbons (Fsp3) is 0.344. The molecule has 1 heterocycles. The Hall–Kier alpha value is -3.21. The van der Waals surface area contributed by atoms with Crippen LogP contribution < -0.4 is 10.1 Å². The molecule has 0 aliphatic heterocycles. The maximum absolute atomic E-state index is 10.6. The zero-order chi connectivity index (χ0) is 24.1. The summed E-state index contributed by atoms with van der Waals surface area (Å²) >= 11 is 0. The lowest BCUT2D eigenvalue weighted by atomic mass is 9.99. The molecule has 36 heavy (non-hydrogen) atoms. The monoisotopic (exact) mass is 484 g/mol. The highest BCUT2D eigenvalue weighted by Gasteiger charge is 2.13. The first-order valence-corrected chi connectivity index (χ1v) is 12.7. The Balaban J connectivity index is 0.00000361. The van der Waals surface area contributed by atoms with E-state index in [2.05, 4.69) is 71.0 Å². The summed E-state index contributed by atoms with van der Waals surface area (Å²) < 4.78 is 5.96. The predicted molar refractivity (Wildman–Crippen MR) is 151 cm³/mol. The number of rotatable bonds is 14. The van der Waals surface area contributed by atoms with E-state index in [0.29, 0.717) is 12.6 Å². The molecule has 1 aromatic heterocycles. The first kappa shape index (κ1) is 27.4. The molecule has 4 heteroatoms. The summed E-state index contributed by atoms with van der Waals surface area (Å²) in [6.45, 7) is 0.770. The van der Waals surface area contributed by atoms with E-state index in [4.69, 9.17) is 4.74 Å². The van der Waals surface area contributed by atoms with Crippen LogP contribution in [0, 0.1) is 0 Å². The standard InChI is InChI=1S/C31H36N2O2.CH4/c34-28(24-35-31-21-9-20-30-29(31)19-10-22-32-30)23-33-27(17-7-15-25-11-3-1-4-12-25)18-8-16-26-13-5-2-6-14-26;/h1-6,9-14,19-22,27-28,33-34H,7-8,15-18,23-24H2;1H4/t28-;/m1./s1. The molecule has 0 radical (unpaired) electrons. The van der Waals surface area contributed by atoms with Crippen LogP contribution in [0.4, 0.5) is 0 Å². The number of benzene rings is 3. The zero-order valence-corrected chi connectivity index (χ0v) is 20.4. The van der Waals surface area contributed by atoms with Gasteiger partial charge in [0.15, 0.2) is 0 Å². The highest BCUT2D eigenvalue weighted by atomic mass is 16.5. The first-order chi connectivity index (χ1) is 17.3. The third-order valence-electron chi connectivity index (χ3n) is 6.40. The number of hydrogen-bond donors (Lipinski definition) is 2. The van der Waals surface area contributed by atoms with Crippen molar-refractivity contribution in [3.05, 3.63) is 108 Å². The molecule has 0 unspecified atom stereocenters. The van der Waals surface area contributed by atoms with E-state index in [-0.39, 0.29) is 14.0 Å². The van der Waals surface area contributed by atoms with Crippen molar-refractivity contribution >= 4 is 10.9 Å². The maximum Gasteiger partial charge on any atom is 0.128 e. The summed E-state index contributed by atoms with van der Waals surface area (Å²) in [5.41, 5.74) is 3.66. The molecule has 4 nitrogen and oxygen atoms in total. The van der Waals surface area contributed by atoms with Crippen molar-refractivity contribution in [1.29, 1.82) is 0 Å². The molecule has 0 aliphatic carbocycles. The molecular formula is C32H40N2O2. The first-order valence-electron chi connectivity index (χ1n) is 12.7. The number of nitrogens with zero attached hydrogens (tertiary/aromatic N) is 1. The highest BCUT2D eigenvalue weighted by Crippen LogP contribution is 2.23. The van der Waals surface area contributed by atoms with Crippen LogP contribution in [-0.2, 0) is 12.8 Å². The van der Waals surface area contributed by atoms with Gasteiger partial charge >= 0.3 is 0 Å². The van der Waals surface area contributed by atoms with E-state index in [1.54, 1.807) is 6.20 Å². The van der Waals surface area contributed by atoms with Gasteiger partial charge in [0.05, 0.1) is 5.52 Å². The molecule has 0 aliphatic rings. The van der Waals surface area contributed by atoms with Gasteiger partial charge in [-0.3, -0.25) is 4.98 Å². The number of hydrogen-bond acceptors (Lipinski definition) is 4. The summed E-state index contributed by atoms with van der Waals surface area (Å²) in [6.07, 6.45) is 7.80. The van der Waals surface area contributed by atoms with Crippen molar-refractivity contribution in [3.63, 3.8) is 0 Å². The van der Waals surface area contributed by atoms with Gasteiger partial charge in [-0.05, 0) is 73.9 Å². The van der Waals surface area contributed by atoms with E-state index in [0.717, 1.165) is 55.2 Å². The van der Waals surface area contributed by atoms with Crippen molar-refractivity contribution in [1.82, 2.24) is 10.3 Å². The molecule has 1 atom stereocenters. The minimum absolute atomic E-state index is 0. The van der Waals surface area contributed by atoms with Gasteiger partial charge in [0.25, 0.3) is 0 Å². The predicted octanol–water partition coefficient (Wildman–Crippen LogP) is 6.61. The Morgan fingerprint density at radius 1 is 0.750 bits per heavy atom. The van der Waals surface area contributed by atoms with Crippen LogP contribution in [0.15, 0.2) is 97.2 Å². The average molecular weight is 485 g/mol. The van der Waals surface area contributed by atoms with E-state index >= 15 is 0 Å². The Morgan fingerprint density at radius 3 is 2.03 bits per heavy atom. The van der Waals surface area contributed by atoms with Crippen LogP contribution in [-0.4, -0.2) is 35.4 Å². The largest absolute Gasteiger partial charge is 0.490 e. The Labute approximate surface area is 216 Å². The van der Waals surface area contributed by atoms with Gasteiger partial charge in [-0.2, -0.15) is 0 Å². The van der Waals surface area contributed by atoms with Gasteiger partial charge < -0.3 is 15.2 Å². The molecule has 0 amide bonds. The maximum atomic E-state index is 10.6. The van der Waals surface area contributed by atoms with Gasteiger partial charge in [0.2, 0.25) is 0 Å². The van der Waals surface area contributed by atoms with E-state index in [1.165, 1.54) is 11.1 Å². The summed E-state index contributed by atoms with van der Waals surface area (Å²) in [6, 6.07) is 31.4. The molecule has 4 aromatic rings. The Morgan fingerprint density at radius 2 is 1.39 bits per heavy atom. The summed E-state index contributed by atoms with van der Waals surface area (Å²) in [4.78, 5) is 4.37. The lowest BCUT2D eigenvalue weighted by Gasteiger charge is -2.21. The molecule has 4 rings (SSSR count). The highest BCUT2D eigenvalue weighted by molar-refractivity contribution is 5.84. The van der Waals surface area contributed by atoms with Crippen molar-refractivity contribution in [2.75, 3.05) is 13.2 Å². The van der Waals surface area contributed by atoms with E-state index in [9.17, 15) is 5.11 Å². The van der Waals surface area contributed by atoms with Crippen molar-refractivity contribution in [2.24, 2.45) is 0 Å². The number of ether oxygens (including phenoxy) is 1. The average Bonchev–Trinajstić information content (AvgIpc) is 2.91. The summed E-state index contributed by atoms with van der Waals surface area (Å²) in [5.74, 6) is 0.761. The lowest BCUT2D eigenvalue weighted by Crippen LogP contribution is -2.38. The second kappa shape index (κ2) is 15.0. The van der Waals surface area contributed by atoms with Crippen LogP contribution in [0.25, 0.3) is 10.9 Å². The smallest absolute Gasteiger partial charge is 0.128 e. The number of aromatic nitrogens is 1. The Kier molecular flexibility index (Phi) is 11.4. The number of nitrogens with one attached hydrogen (secondary N) is 1. The minimum atomic E-state index is -0.576. The molecule has 0 saturated carbocycles. The number of fused-ring (bicyclic) bond motifs is 1. The van der Waals surface area contributed by atoms with Gasteiger partial charge in [0.1, 0.15) is 18.5 Å². The minimum Gasteiger partial charge on any atom is -0.490 e. The van der Waals surface area contributed by atoms with Crippen molar-refractivity contribution < 1.29 is 9.84 Å². The van der Waals surface area contributed by atoms with Gasteiger partial charge in [-0.1, -0.05) is 74.2 Å². The molecule has 0 saturated heterocycles. The molecule has 0 bridgehead atoms. The number of pyridine rings is 1. The zero-order valence-electron chi connectivity index (χ0n) is 20.4. The van der Waals surface area contributed by atoms with Crippen molar-refractivity contribution in [3.8, 4) is 5.75 Å². The number of aryl methyl sites for hydroxylation is 2. The van der Waals surface area contributed by atoms with E-state index < -0.39 is 6.10 Å². The lowest BCUT2D eigenvalue weighted by molar-refractivity contribution is 0.103. The normalized spacial score (nSPS) is 11.8. The molecule has 0 fully saturated rings. The summed E-state index contributed by atoms with van der Waals surface area (Å²) in [5, 5.41) is 15.2. The van der Waals surface area contributed by atoms with Crippen LogP contribution in [0.5, 0.6) is 5.75 Å². The van der Waals surface area contributed by atoms with Gasteiger partial charge in [0, 0.05) is 24.2 Å². The van der Waals surface area contributed by atoms with Crippen LogP contribution >= 0.6 is 0 Å². The third-order valence-corrected chi connectivity index (χ3v) is 6.40. The fourth-order valence-electron chi connectivity index (χ4n) is 4.49. The summed E-state index contributed by atoms with van der Waals surface area (Å²) in [7, 11) is 0. The number of aliphatic hydroxyl groups is 1. The quantitative estimate of drug-likeness (QED) is 0.211. The second-order valence-electron chi connectivity index (χ2n) is 9.15. The third kappa shape index (κ3) is 8.78. The van der Waals surface area contributed by atoms with Crippen molar-refractivity contribution in [2.45, 2.75) is 58.1 Å². The second-order valence-corrected chi connectivity index (χ2v) is 9.15. The van der Waals surface area contributed by atoms with E-state index in [1.807, 2.05) is 30.3 Å². The van der Waals surface area contributed by atoms with Crippen LogP contribution in [0.2, 0.25) is 0 Å². The topological polar surface area (TPSA) is 54.4 Å².